The van der Waals surface area contributed by atoms with Crippen LogP contribution in [0.2, 0.25) is 5.02 Å². The summed E-state index contributed by atoms with van der Waals surface area (Å²) in [5.74, 6) is -0.508. The van der Waals surface area contributed by atoms with Gasteiger partial charge in [0.25, 0.3) is 5.91 Å². The lowest BCUT2D eigenvalue weighted by Crippen LogP contribution is -2.62. The van der Waals surface area contributed by atoms with Gasteiger partial charge < -0.3 is 9.64 Å². The SMILES string of the molecule is COc1cc(C2=CC3C(S2)C(=O)N(c2cncc(C4CC4)c2)C(=O)N3CCC#N)c(Cl)cc1F. The smallest absolute Gasteiger partial charge is 0.332 e. The van der Waals surface area contributed by atoms with Crippen molar-refractivity contribution in [2.24, 2.45) is 0 Å². The Kier molecular flexibility index (Phi) is 5.96. The van der Waals surface area contributed by atoms with E-state index in [0.29, 0.717) is 22.1 Å². The van der Waals surface area contributed by atoms with Gasteiger partial charge in [-0.2, -0.15) is 5.26 Å². The van der Waals surface area contributed by atoms with Crippen LogP contribution in [-0.4, -0.2) is 46.8 Å². The molecule has 1 aliphatic carbocycles. The molecule has 2 aliphatic heterocycles. The van der Waals surface area contributed by atoms with Crippen molar-refractivity contribution in [3.05, 3.63) is 58.6 Å². The van der Waals surface area contributed by atoms with Gasteiger partial charge in [0.1, 0.15) is 5.25 Å². The molecule has 0 N–H and O–H groups in total. The maximum atomic E-state index is 14.1. The molecule has 0 radical (unpaired) electrons. The molecule has 0 bridgehead atoms. The lowest BCUT2D eigenvalue weighted by molar-refractivity contribution is -0.119. The predicted octanol–water partition coefficient (Wildman–Crippen LogP) is 4.97. The van der Waals surface area contributed by atoms with Crippen LogP contribution in [0.1, 0.15) is 36.3 Å². The third-order valence-corrected chi connectivity index (χ3v) is 7.83. The van der Waals surface area contributed by atoms with Gasteiger partial charge >= 0.3 is 6.03 Å². The molecule has 2 aromatic rings. The maximum Gasteiger partial charge on any atom is 0.332 e. The number of pyridine rings is 1. The quantitative estimate of drug-likeness (QED) is 0.559. The number of rotatable bonds is 6. The summed E-state index contributed by atoms with van der Waals surface area (Å²) in [5, 5.41) is 8.69. The second-order valence-corrected chi connectivity index (χ2v) is 9.93. The van der Waals surface area contributed by atoms with Crippen molar-refractivity contribution in [2.75, 3.05) is 18.6 Å². The van der Waals surface area contributed by atoms with Crippen molar-refractivity contribution in [1.82, 2.24) is 9.88 Å². The van der Waals surface area contributed by atoms with Gasteiger partial charge in [0.15, 0.2) is 11.6 Å². The minimum absolute atomic E-state index is 0.0316. The van der Waals surface area contributed by atoms with E-state index >= 15 is 0 Å². The Balaban J connectivity index is 1.52. The van der Waals surface area contributed by atoms with Gasteiger partial charge in [0.05, 0.1) is 42.5 Å². The summed E-state index contributed by atoms with van der Waals surface area (Å²) in [7, 11) is 1.36. The van der Waals surface area contributed by atoms with Crippen LogP contribution in [-0.2, 0) is 4.79 Å². The van der Waals surface area contributed by atoms with Crippen molar-refractivity contribution in [2.45, 2.75) is 36.5 Å². The molecular formula is C24H20ClFN4O3S. The van der Waals surface area contributed by atoms with Crippen LogP contribution in [0.3, 0.4) is 0 Å². The molecule has 34 heavy (non-hydrogen) atoms. The van der Waals surface area contributed by atoms with Gasteiger partial charge in [0, 0.05) is 23.2 Å². The molecule has 7 nitrogen and oxygen atoms in total. The van der Waals surface area contributed by atoms with E-state index in [1.54, 1.807) is 12.3 Å². The number of fused-ring (bicyclic) bond motifs is 1. The van der Waals surface area contributed by atoms with Crippen LogP contribution in [0, 0.1) is 17.1 Å². The zero-order valence-electron chi connectivity index (χ0n) is 18.2. The third-order valence-electron chi connectivity index (χ3n) is 6.17. The Hall–Kier alpha value is -3.09. The summed E-state index contributed by atoms with van der Waals surface area (Å²) in [5.41, 5.74) is 1.95. The molecule has 2 atom stereocenters. The van der Waals surface area contributed by atoms with Crippen LogP contribution in [0.5, 0.6) is 5.75 Å². The van der Waals surface area contributed by atoms with Crippen molar-refractivity contribution in [3.63, 3.8) is 0 Å². The highest BCUT2D eigenvalue weighted by atomic mass is 35.5. The summed E-state index contributed by atoms with van der Waals surface area (Å²) < 4.78 is 19.2. The molecule has 174 valence electrons. The first-order chi connectivity index (χ1) is 16.4. The summed E-state index contributed by atoms with van der Waals surface area (Å²) >= 11 is 7.59. The lowest BCUT2D eigenvalue weighted by atomic mass is 10.0. The largest absolute Gasteiger partial charge is 0.494 e. The number of aromatic nitrogens is 1. The molecule has 3 aliphatic rings. The summed E-state index contributed by atoms with van der Waals surface area (Å²) in [4.78, 5) is 34.7. The molecule has 1 saturated carbocycles. The Bertz CT molecular complexity index is 1260. The van der Waals surface area contributed by atoms with E-state index in [-0.39, 0.29) is 29.6 Å². The Morgan fingerprint density at radius 1 is 1.29 bits per heavy atom. The van der Waals surface area contributed by atoms with Crippen LogP contribution in [0.25, 0.3) is 4.91 Å². The number of carbonyl (C=O) groups excluding carboxylic acids is 2. The number of hydrogen-bond donors (Lipinski definition) is 0. The Morgan fingerprint density at radius 2 is 2.09 bits per heavy atom. The van der Waals surface area contributed by atoms with E-state index in [0.717, 1.165) is 23.3 Å². The third kappa shape index (κ3) is 3.91. The minimum atomic E-state index is -0.636. The normalized spacial score (nSPS) is 21.9. The van der Waals surface area contributed by atoms with Crippen molar-refractivity contribution in [3.8, 4) is 11.8 Å². The van der Waals surface area contributed by atoms with Gasteiger partial charge in [-0.05, 0) is 48.6 Å². The van der Waals surface area contributed by atoms with Crippen molar-refractivity contribution in [1.29, 1.82) is 5.26 Å². The number of methoxy groups -OCH3 is 1. The average molecular weight is 499 g/mol. The number of halogens is 2. The van der Waals surface area contributed by atoms with Crippen LogP contribution >= 0.6 is 23.4 Å². The number of benzene rings is 1. The topological polar surface area (TPSA) is 86.5 Å². The molecule has 0 spiro atoms. The number of imide groups is 1. The van der Waals surface area contributed by atoms with Crippen LogP contribution in [0.4, 0.5) is 14.9 Å². The van der Waals surface area contributed by atoms with E-state index in [9.17, 15) is 14.0 Å². The molecule has 10 heteroatoms. The minimum Gasteiger partial charge on any atom is -0.494 e. The van der Waals surface area contributed by atoms with Crippen molar-refractivity contribution >= 4 is 45.9 Å². The standard InChI is InChI=1S/C24H20ClFN4O3S/c1-33-20-8-16(17(25)9-18(20)26)21-10-19-22(34-21)23(31)30(24(32)29(19)6-2-5-27)15-7-14(11-28-12-15)13-3-4-13/h7-13,19,22H,2-4,6H2,1H3. The highest BCUT2D eigenvalue weighted by molar-refractivity contribution is 8.09. The van der Waals surface area contributed by atoms with Crippen LogP contribution < -0.4 is 9.64 Å². The van der Waals surface area contributed by atoms with Gasteiger partial charge in [-0.3, -0.25) is 9.78 Å². The number of carbonyl (C=O) groups is 2. The van der Waals surface area contributed by atoms with E-state index in [2.05, 4.69) is 11.1 Å². The van der Waals surface area contributed by atoms with Gasteiger partial charge in [-0.1, -0.05) is 11.6 Å². The number of nitrogens with zero attached hydrogens (tertiary/aromatic N) is 4. The summed E-state index contributed by atoms with van der Waals surface area (Å²) in [6.45, 7) is 0.167. The highest BCUT2D eigenvalue weighted by Crippen LogP contribution is 2.48. The average Bonchev–Trinajstić information content (AvgIpc) is 3.58. The van der Waals surface area contributed by atoms with Gasteiger partial charge in [-0.25, -0.2) is 14.1 Å². The number of thioether (sulfide) groups is 1. The van der Waals surface area contributed by atoms with Gasteiger partial charge in [-0.15, -0.1) is 11.8 Å². The van der Waals surface area contributed by atoms with Gasteiger partial charge in [0.2, 0.25) is 0 Å². The zero-order valence-corrected chi connectivity index (χ0v) is 19.8. The number of ether oxygens (including phenoxy) is 1. The zero-order chi connectivity index (χ0) is 24.0. The molecule has 2 unspecified atom stereocenters. The first-order valence-corrected chi connectivity index (χ1v) is 12.1. The van der Waals surface area contributed by atoms with Crippen LogP contribution in [0.15, 0.2) is 36.7 Å². The summed E-state index contributed by atoms with van der Waals surface area (Å²) in [6.07, 6.45) is 7.33. The lowest BCUT2D eigenvalue weighted by Gasteiger charge is -2.40. The number of nitriles is 1. The Labute approximate surface area is 205 Å². The molecule has 2 fully saturated rings. The number of amides is 3. The monoisotopic (exact) mass is 498 g/mol. The van der Waals surface area contributed by atoms with E-state index in [4.69, 9.17) is 21.6 Å². The molecule has 1 saturated heterocycles. The second-order valence-electron chi connectivity index (χ2n) is 8.34. The highest BCUT2D eigenvalue weighted by Gasteiger charge is 2.50. The molecule has 5 rings (SSSR count). The Morgan fingerprint density at radius 3 is 2.79 bits per heavy atom. The predicted molar refractivity (Wildman–Crippen MR) is 127 cm³/mol. The number of anilines is 1. The second kappa shape index (κ2) is 8.93. The first kappa shape index (κ1) is 22.7. The fraction of sp³-hybridized carbons (Fsp3) is 0.333. The molecule has 1 aromatic heterocycles. The molecular weight excluding hydrogens is 479 g/mol. The van der Waals surface area contributed by atoms with E-state index < -0.39 is 23.1 Å². The number of hydrogen-bond acceptors (Lipinski definition) is 6. The molecule has 1 aromatic carbocycles. The maximum absolute atomic E-state index is 14.1. The molecule has 3 amide bonds. The summed E-state index contributed by atoms with van der Waals surface area (Å²) in [6, 6.07) is 5.52. The fourth-order valence-electron chi connectivity index (χ4n) is 4.30. The van der Waals surface area contributed by atoms with E-state index in [1.807, 2.05) is 6.07 Å². The molecule has 3 heterocycles. The van der Waals surface area contributed by atoms with E-state index in [1.165, 1.54) is 42.1 Å². The first-order valence-electron chi connectivity index (χ1n) is 10.8. The fourth-order valence-corrected chi connectivity index (χ4v) is 5.97. The van der Waals surface area contributed by atoms with Crippen molar-refractivity contribution < 1.29 is 18.7 Å². The number of urea groups is 1.